The first kappa shape index (κ1) is 43.4. The van der Waals surface area contributed by atoms with Crippen LogP contribution < -0.4 is 15.5 Å². The summed E-state index contributed by atoms with van der Waals surface area (Å²) in [6.07, 6.45) is 2.55. The molecule has 0 saturated carbocycles. The molecule has 4 aromatic rings. The minimum Gasteiger partial charge on any atom is -0.451 e. The second-order valence-corrected chi connectivity index (χ2v) is 16.7. The minimum atomic E-state index is -4.10. The van der Waals surface area contributed by atoms with Gasteiger partial charge in [-0.2, -0.15) is 0 Å². The second-order valence-electron chi connectivity index (χ2n) is 15.1. The molecule has 3 atom stereocenters. The third kappa shape index (κ3) is 10.1. The average molecular weight is 863 g/mol. The Morgan fingerprint density at radius 1 is 0.984 bits per heavy atom. The fourth-order valence-corrected chi connectivity index (χ4v) is 8.72. The van der Waals surface area contributed by atoms with Crippen molar-refractivity contribution in [1.82, 2.24) is 14.8 Å². The highest BCUT2D eigenvalue weighted by atomic mass is 31.2. The van der Waals surface area contributed by atoms with E-state index in [0.29, 0.717) is 25.3 Å². The van der Waals surface area contributed by atoms with Gasteiger partial charge in [-0.05, 0) is 50.3 Å². The van der Waals surface area contributed by atoms with E-state index in [2.05, 4.69) is 10.5 Å². The van der Waals surface area contributed by atoms with Gasteiger partial charge in [0, 0.05) is 49.8 Å². The molecule has 1 aromatic heterocycles. The quantitative estimate of drug-likeness (QED) is 0.0502. The number of rotatable bonds is 17. The lowest BCUT2D eigenvalue weighted by Gasteiger charge is -2.42. The summed E-state index contributed by atoms with van der Waals surface area (Å²) >= 11 is 0. The van der Waals surface area contributed by atoms with Gasteiger partial charge in [-0.1, -0.05) is 71.9 Å². The van der Waals surface area contributed by atoms with E-state index >= 15 is 0 Å². The first-order valence-corrected chi connectivity index (χ1v) is 21.2. The predicted molar refractivity (Wildman–Crippen MR) is 215 cm³/mol. The number of phosphoric ester groups is 1. The molecule has 15 nitrogen and oxygen atoms in total. The first-order chi connectivity index (χ1) is 29.3. The Balaban J connectivity index is 1.05. The molecular weight excluding hydrogens is 817 g/mol. The SMILES string of the molecule is CC1=NO[C@@]2(CC[C@H](C)N3C[C@H]2n2cc(C(=O)NCc4ccc(F)cc4F)c(=O)c(OCOC(=O)CCCOP(=O)(OCc4ccccc4)OCc4ccccc4)c2C3=O)C1. The Kier molecular flexibility index (Phi) is 13.4. The molecule has 3 aliphatic heterocycles. The molecule has 0 radical (unpaired) electrons. The van der Waals surface area contributed by atoms with Gasteiger partial charge in [0.15, 0.2) is 11.3 Å². The summed E-state index contributed by atoms with van der Waals surface area (Å²) in [7, 11) is -4.10. The molecule has 3 aliphatic rings. The molecule has 1 saturated heterocycles. The Morgan fingerprint density at radius 3 is 2.31 bits per heavy atom. The number of aromatic nitrogens is 1. The maximum absolute atomic E-state index is 14.4. The Hall–Kier alpha value is -5.74. The number of ether oxygens (including phenoxy) is 2. The van der Waals surface area contributed by atoms with Crippen molar-refractivity contribution in [3.05, 3.63) is 135 Å². The van der Waals surface area contributed by atoms with E-state index in [4.69, 9.17) is 27.9 Å². The van der Waals surface area contributed by atoms with E-state index in [1.165, 1.54) is 16.8 Å². The molecule has 322 valence electrons. The summed E-state index contributed by atoms with van der Waals surface area (Å²) < 4.78 is 71.0. The summed E-state index contributed by atoms with van der Waals surface area (Å²) in [4.78, 5) is 62.6. The van der Waals surface area contributed by atoms with Gasteiger partial charge in [0.1, 0.15) is 17.2 Å². The monoisotopic (exact) mass is 862 g/mol. The van der Waals surface area contributed by atoms with Crippen LogP contribution in [-0.4, -0.2) is 64.5 Å². The number of benzene rings is 3. The minimum absolute atomic E-state index is 0.0293. The lowest BCUT2D eigenvalue weighted by atomic mass is 9.84. The van der Waals surface area contributed by atoms with Crippen LogP contribution in [0.15, 0.2) is 95.0 Å². The summed E-state index contributed by atoms with van der Waals surface area (Å²) in [6, 6.07) is 20.1. The number of oxime groups is 1. The molecule has 4 heterocycles. The molecule has 0 aliphatic carbocycles. The number of amides is 2. The lowest BCUT2D eigenvalue weighted by Crippen LogP contribution is -2.52. The lowest BCUT2D eigenvalue weighted by molar-refractivity contribution is -0.150. The van der Waals surface area contributed by atoms with Gasteiger partial charge in [0.2, 0.25) is 18.0 Å². The summed E-state index contributed by atoms with van der Waals surface area (Å²) in [6.45, 7) is 2.38. The van der Waals surface area contributed by atoms with Crippen LogP contribution in [0, 0.1) is 11.6 Å². The van der Waals surface area contributed by atoms with Crippen molar-refractivity contribution in [1.29, 1.82) is 0 Å². The van der Waals surface area contributed by atoms with Crippen molar-refractivity contribution in [3.8, 4) is 5.75 Å². The first-order valence-electron chi connectivity index (χ1n) is 19.8. The van der Waals surface area contributed by atoms with E-state index in [9.17, 15) is 32.5 Å². The predicted octanol–water partition coefficient (Wildman–Crippen LogP) is 6.99. The number of hydrogen-bond acceptors (Lipinski definition) is 12. The molecule has 18 heteroatoms. The number of nitrogens with one attached hydrogen (secondary N) is 1. The highest BCUT2D eigenvalue weighted by molar-refractivity contribution is 7.48. The van der Waals surface area contributed by atoms with Gasteiger partial charge in [0.25, 0.3) is 11.8 Å². The number of hydrogen-bond donors (Lipinski definition) is 1. The summed E-state index contributed by atoms with van der Waals surface area (Å²) in [5.41, 5.74) is -0.324. The van der Waals surface area contributed by atoms with Crippen LogP contribution in [0.4, 0.5) is 8.78 Å². The zero-order chi connectivity index (χ0) is 43.1. The number of phosphoric acid groups is 1. The van der Waals surface area contributed by atoms with Crippen LogP contribution in [0.25, 0.3) is 0 Å². The van der Waals surface area contributed by atoms with E-state index in [-0.39, 0.29) is 63.1 Å². The highest BCUT2D eigenvalue weighted by Crippen LogP contribution is 2.51. The summed E-state index contributed by atoms with van der Waals surface area (Å²) in [5.74, 6) is -4.47. The number of pyridine rings is 1. The Bertz CT molecular complexity index is 2350. The number of fused-ring (bicyclic) bond motifs is 5. The molecule has 2 amide bonds. The van der Waals surface area contributed by atoms with Crippen molar-refractivity contribution in [3.63, 3.8) is 0 Å². The van der Waals surface area contributed by atoms with E-state index in [1.54, 1.807) is 29.2 Å². The van der Waals surface area contributed by atoms with Crippen molar-refractivity contribution in [2.75, 3.05) is 19.9 Å². The van der Waals surface area contributed by atoms with Gasteiger partial charge in [0.05, 0.1) is 31.6 Å². The van der Waals surface area contributed by atoms with Crippen molar-refractivity contribution in [2.24, 2.45) is 5.16 Å². The number of halogens is 2. The van der Waals surface area contributed by atoms with Crippen molar-refractivity contribution in [2.45, 2.75) is 83.4 Å². The zero-order valence-electron chi connectivity index (χ0n) is 33.6. The fraction of sp³-hybridized carbons (Fsp3) is 0.372. The summed E-state index contributed by atoms with van der Waals surface area (Å²) in [5, 5.41) is 6.72. The van der Waals surface area contributed by atoms with Gasteiger partial charge in [-0.15, -0.1) is 0 Å². The fourth-order valence-electron chi connectivity index (χ4n) is 7.53. The van der Waals surface area contributed by atoms with Crippen LogP contribution in [0.5, 0.6) is 5.75 Å². The van der Waals surface area contributed by atoms with Gasteiger partial charge in [-0.25, -0.2) is 13.3 Å². The normalized spacial score (nSPS) is 19.4. The Labute approximate surface area is 350 Å². The molecule has 1 N–H and O–H groups in total. The third-order valence-corrected chi connectivity index (χ3v) is 12.2. The molecule has 3 aromatic carbocycles. The van der Waals surface area contributed by atoms with Gasteiger partial charge in [-0.3, -0.25) is 32.7 Å². The average Bonchev–Trinajstić information content (AvgIpc) is 3.59. The van der Waals surface area contributed by atoms with Crippen molar-refractivity contribution < 1.29 is 55.6 Å². The number of esters is 1. The van der Waals surface area contributed by atoms with Crippen LogP contribution >= 0.6 is 7.82 Å². The maximum Gasteiger partial charge on any atom is 0.475 e. The van der Waals surface area contributed by atoms with Gasteiger partial charge < -0.3 is 29.1 Å². The second kappa shape index (κ2) is 18.9. The molecule has 1 spiro atoms. The Morgan fingerprint density at radius 2 is 1.67 bits per heavy atom. The number of nitrogens with zero attached hydrogens (tertiary/aromatic N) is 3. The molecule has 61 heavy (non-hydrogen) atoms. The molecule has 0 unspecified atom stereocenters. The van der Waals surface area contributed by atoms with Crippen LogP contribution in [-0.2, 0) is 52.3 Å². The topological polar surface area (TPSA) is 173 Å². The van der Waals surface area contributed by atoms with Gasteiger partial charge >= 0.3 is 13.8 Å². The molecule has 2 bridgehead atoms. The highest BCUT2D eigenvalue weighted by Gasteiger charge is 2.54. The van der Waals surface area contributed by atoms with Crippen molar-refractivity contribution >= 4 is 31.3 Å². The van der Waals surface area contributed by atoms with Crippen LogP contribution in [0.2, 0.25) is 0 Å². The molecule has 7 rings (SSSR count). The third-order valence-electron chi connectivity index (χ3n) is 10.8. The number of carbonyl (C=O) groups is 3. The molecular formula is C43H45F2N4O11P. The van der Waals surface area contributed by atoms with Crippen LogP contribution in [0.3, 0.4) is 0 Å². The largest absolute Gasteiger partial charge is 0.475 e. The number of carbonyl (C=O) groups excluding carboxylic acids is 3. The zero-order valence-corrected chi connectivity index (χ0v) is 34.4. The van der Waals surface area contributed by atoms with E-state index in [0.717, 1.165) is 22.9 Å². The van der Waals surface area contributed by atoms with Crippen LogP contribution in [0.1, 0.15) is 89.5 Å². The maximum atomic E-state index is 14.4. The van der Waals surface area contributed by atoms with E-state index in [1.807, 2.05) is 50.2 Å². The van der Waals surface area contributed by atoms with E-state index < -0.39 is 72.4 Å². The smallest absolute Gasteiger partial charge is 0.451 e. The standard InChI is InChI=1S/C43H45F2N4O11P/c1-28-21-43(60-47-28)18-17-29(2)48-24-36(43)49-23-34(41(52)46-22-32-15-16-33(44)20-35(32)45)39(51)40(38(49)42(48)53)56-27-55-37(50)14-9-19-57-61(54,58-25-30-10-5-3-6-11-30)59-26-31-12-7-4-8-13-31/h3-8,10-13,15-16,20,23,29,36H,9,14,17-19,21-22,24-27H2,1-2H3,(H,46,52)/t29-,36+,43-/m0/s1. The molecule has 1 fully saturated rings.